The third kappa shape index (κ3) is 3.91. The molecule has 4 heteroatoms. The van der Waals surface area contributed by atoms with Gasteiger partial charge >= 0.3 is 0 Å². The van der Waals surface area contributed by atoms with Crippen LogP contribution >= 0.6 is 11.9 Å². The highest BCUT2D eigenvalue weighted by Gasteiger charge is 2.10. The van der Waals surface area contributed by atoms with Crippen molar-refractivity contribution in [2.45, 2.75) is 13.3 Å². The first-order valence-corrected chi connectivity index (χ1v) is 6.94. The number of rotatable bonds is 4. The highest BCUT2D eigenvalue weighted by atomic mass is 32.2. The lowest BCUT2D eigenvalue weighted by Gasteiger charge is -2.25. The fourth-order valence-electron chi connectivity index (χ4n) is 1.92. The summed E-state index contributed by atoms with van der Waals surface area (Å²) >= 11 is 1.90. The third-order valence-electron chi connectivity index (χ3n) is 2.94. The molecule has 1 saturated heterocycles. The van der Waals surface area contributed by atoms with Crippen molar-refractivity contribution in [2.75, 3.05) is 32.1 Å². The zero-order chi connectivity index (χ0) is 12.1. The lowest BCUT2D eigenvalue weighted by molar-refractivity contribution is 0.0773. The lowest BCUT2D eigenvalue weighted by atomic mass is 10.1. The summed E-state index contributed by atoms with van der Waals surface area (Å²) in [7, 11) is 0. The Hall–Kier alpha value is -0.710. The Labute approximate surface area is 107 Å². The minimum absolute atomic E-state index is 0.354. The van der Waals surface area contributed by atoms with Gasteiger partial charge in [-0.05, 0) is 36.6 Å². The van der Waals surface area contributed by atoms with Crippen LogP contribution in [-0.2, 0) is 11.2 Å². The van der Waals surface area contributed by atoms with Gasteiger partial charge in [-0.15, -0.1) is 0 Å². The number of aryl methyl sites for hydroxylation is 2. The molecule has 1 aliphatic heterocycles. The highest BCUT2D eigenvalue weighted by Crippen LogP contribution is 2.19. The summed E-state index contributed by atoms with van der Waals surface area (Å²) in [5.74, 6) is 1.44. The van der Waals surface area contributed by atoms with Gasteiger partial charge in [0, 0.05) is 18.8 Å². The second-order valence-electron chi connectivity index (χ2n) is 4.24. The lowest BCUT2D eigenvalue weighted by Crippen LogP contribution is -2.31. The van der Waals surface area contributed by atoms with Crippen LogP contribution < -0.4 is 0 Å². The quantitative estimate of drug-likeness (QED) is 0.834. The van der Waals surface area contributed by atoms with E-state index in [1.54, 1.807) is 6.07 Å². The molecule has 1 aromatic carbocycles. The summed E-state index contributed by atoms with van der Waals surface area (Å²) in [6, 6.07) is 5.61. The van der Waals surface area contributed by atoms with Crippen LogP contribution in [0.5, 0.6) is 5.75 Å². The van der Waals surface area contributed by atoms with E-state index in [2.05, 4.69) is 11.2 Å². The monoisotopic (exact) mass is 253 g/mol. The predicted octanol–water partition coefficient (Wildman–Crippen LogP) is 2.22. The Kier molecular flexibility index (Phi) is 4.71. The van der Waals surface area contributed by atoms with Crippen molar-refractivity contribution in [1.82, 2.24) is 4.31 Å². The van der Waals surface area contributed by atoms with Crippen molar-refractivity contribution in [3.8, 4) is 5.75 Å². The van der Waals surface area contributed by atoms with Gasteiger partial charge in [0.05, 0.1) is 13.2 Å². The van der Waals surface area contributed by atoms with E-state index in [1.165, 1.54) is 11.1 Å². The largest absolute Gasteiger partial charge is 0.508 e. The maximum Gasteiger partial charge on any atom is 0.115 e. The van der Waals surface area contributed by atoms with Crippen LogP contribution in [-0.4, -0.2) is 41.5 Å². The molecule has 1 heterocycles. The molecule has 1 aliphatic rings. The van der Waals surface area contributed by atoms with Crippen molar-refractivity contribution >= 4 is 11.9 Å². The highest BCUT2D eigenvalue weighted by molar-refractivity contribution is 7.97. The van der Waals surface area contributed by atoms with Crippen molar-refractivity contribution in [3.05, 3.63) is 29.3 Å². The minimum atomic E-state index is 0.354. The van der Waals surface area contributed by atoms with E-state index in [9.17, 15) is 5.11 Å². The Morgan fingerprint density at radius 1 is 1.35 bits per heavy atom. The fraction of sp³-hybridized carbons (Fsp3) is 0.538. The molecule has 0 saturated carbocycles. The van der Waals surface area contributed by atoms with E-state index in [-0.39, 0.29) is 0 Å². The Bertz CT molecular complexity index is 364. The van der Waals surface area contributed by atoms with Gasteiger partial charge in [-0.25, -0.2) is 4.31 Å². The van der Waals surface area contributed by atoms with Crippen LogP contribution in [0.3, 0.4) is 0 Å². The number of phenols is 1. The van der Waals surface area contributed by atoms with E-state index in [0.29, 0.717) is 5.75 Å². The molecule has 0 unspecified atom stereocenters. The summed E-state index contributed by atoms with van der Waals surface area (Å²) in [5, 5.41) is 9.34. The third-order valence-corrected chi connectivity index (χ3v) is 4.06. The molecule has 0 aliphatic carbocycles. The molecule has 1 fully saturated rings. The van der Waals surface area contributed by atoms with Gasteiger partial charge in [0.15, 0.2) is 0 Å². The van der Waals surface area contributed by atoms with E-state index in [0.717, 1.165) is 38.5 Å². The number of hydrogen-bond donors (Lipinski definition) is 1. The van der Waals surface area contributed by atoms with E-state index in [4.69, 9.17) is 4.74 Å². The number of nitrogens with zero attached hydrogens (tertiary/aromatic N) is 1. The smallest absolute Gasteiger partial charge is 0.115 e. The maximum absolute atomic E-state index is 9.34. The molecular weight excluding hydrogens is 234 g/mol. The Morgan fingerprint density at radius 3 is 2.82 bits per heavy atom. The Morgan fingerprint density at radius 2 is 2.12 bits per heavy atom. The molecule has 1 N–H and O–H groups in total. The molecule has 0 amide bonds. The number of aromatic hydroxyl groups is 1. The zero-order valence-corrected chi connectivity index (χ0v) is 11.0. The summed E-state index contributed by atoms with van der Waals surface area (Å²) in [4.78, 5) is 0. The van der Waals surface area contributed by atoms with Gasteiger partial charge in [0.1, 0.15) is 5.75 Å². The standard InChI is InChI=1S/C13H19NO2S/c1-11-10-13(15)3-2-12(11)4-9-17-14-5-7-16-8-6-14/h2-3,10,15H,4-9H2,1H3. The van der Waals surface area contributed by atoms with Crippen molar-refractivity contribution in [1.29, 1.82) is 0 Å². The first-order valence-electron chi connectivity index (χ1n) is 6.00. The van der Waals surface area contributed by atoms with Gasteiger partial charge in [-0.2, -0.15) is 0 Å². The van der Waals surface area contributed by atoms with Gasteiger partial charge in [-0.1, -0.05) is 18.0 Å². The van der Waals surface area contributed by atoms with Gasteiger partial charge < -0.3 is 9.84 Å². The summed E-state index contributed by atoms with van der Waals surface area (Å²) < 4.78 is 7.69. The molecule has 0 radical (unpaired) electrons. The molecular formula is C13H19NO2S. The van der Waals surface area contributed by atoms with Crippen LogP contribution in [0.4, 0.5) is 0 Å². The van der Waals surface area contributed by atoms with E-state index < -0.39 is 0 Å². The number of ether oxygens (including phenoxy) is 1. The van der Waals surface area contributed by atoms with Crippen LogP contribution in [0.25, 0.3) is 0 Å². The molecule has 94 valence electrons. The van der Waals surface area contributed by atoms with E-state index >= 15 is 0 Å². The number of morpholine rings is 1. The molecule has 0 bridgehead atoms. The Balaban J connectivity index is 1.77. The second-order valence-corrected chi connectivity index (χ2v) is 5.42. The van der Waals surface area contributed by atoms with Crippen LogP contribution in [0.1, 0.15) is 11.1 Å². The molecule has 1 aromatic rings. The second kappa shape index (κ2) is 6.28. The van der Waals surface area contributed by atoms with Gasteiger partial charge in [-0.3, -0.25) is 0 Å². The molecule has 2 rings (SSSR count). The SMILES string of the molecule is Cc1cc(O)ccc1CCSN1CCOCC1. The number of hydrogen-bond acceptors (Lipinski definition) is 4. The van der Waals surface area contributed by atoms with Crippen molar-refractivity contribution < 1.29 is 9.84 Å². The van der Waals surface area contributed by atoms with Crippen molar-refractivity contribution in [2.24, 2.45) is 0 Å². The van der Waals surface area contributed by atoms with E-state index in [1.807, 2.05) is 24.1 Å². The van der Waals surface area contributed by atoms with Crippen LogP contribution in [0.15, 0.2) is 18.2 Å². The fourth-order valence-corrected chi connectivity index (χ4v) is 2.90. The maximum atomic E-state index is 9.34. The average Bonchev–Trinajstić information content (AvgIpc) is 2.33. The summed E-state index contributed by atoms with van der Waals surface area (Å²) in [6.45, 7) is 5.81. The number of benzene rings is 1. The number of phenolic OH excluding ortho intramolecular Hbond substituents is 1. The van der Waals surface area contributed by atoms with Gasteiger partial charge in [0.25, 0.3) is 0 Å². The van der Waals surface area contributed by atoms with Crippen molar-refractivity contribution in [3.63, 3.8) is 0 Å². The molecule has 17 heavy (non-hydrogen) atoms. The molecule has 0 spiro atoms. The molecule has 0 aromatic heterocycles. The van der Waals surface area contributed by atoms with Crippen LogP contribution in [0.2, 0.25) is 0 Å². The summed E-state index contributed by atoms with van der Waals surface area (Å²) in [5.41, 5.74) is 2.50. The molecule has 0 atom stereocenters. The van der Waals surface area contributed by atoms with Gasteiger partial charge in [0.2, 0.25) is 0 Å². The average molecular weight is 253 g/mol. The minimum Gasteiger partial charge on any atom is -0.508 e. The molecule has 3 nitrogen and oxygen atoms in total. The topological polar surface area (TPSA) is 32.7 Å². The predicted molar refractivity (Wildman–Crippen MR) is 71.4 cm³/mol. The van der Waals surface area contributed by atoms with Crippen LogP contribution in [0, 0.1) is 6.92 Å². The first kappa shape index (κ1) is 12.7. The normalized spacial score (nSPS) is 17.2. The summed E-state index contributed by atoms with van der Waals surface area (Å²) in [6.07, 6.45) is 1.05. The first-order chi connectivity index (χ1) is 8.25. The zero-order valence-electron chi connectivity index (χ0n) is 10.2.